The number of carbonyl (C=O) groups is 2. The maximum Gasteiger partial charge on any atom is 0.414 e. The minimum Gasteiger partial charge on any atom is -0.444 e. The number of anilines is 2. The van der Waals surface area contributed by atoms with Crippen LogP contribution in [-0.2, 0) is 9.47 Å². The van der Waals surface area contributed by atoms with Crippen LogP contribution >= 0.6 is 0 Å². The van der Waals surface area contributed by atoms with Crippen molar-refractivity contribution in [3.8, 4) is 0 Å². The summed E-state index contributed by atoms with van der Waals surface area (Å²) in [5.74, 6) is -0.477. The van der Waals surface area contributed by atoms with Crippen LogP contribution in [0.25, 0.3) is 10.4 Å². The molecule has 33 heavy (non-hydrogen) atoms. The molecule has 3 rings (SSSR count). The molecule has 0 N–H and O–H groups in total. The normalized spacial score (nSPS) is 21.2. The fourth-order valence-corrected chi connectivity index (χ4v) is 4.03. The number of ether oxygens (including phenoxy) is 2. The summed E-state index contributed by atoms with van der Waals surface area (Å²) in [7, 11) is 1.81. The van der Waals surface area contributed by atoms with E-state index in [-0.39, 0.29) is 25.2 Å². The Morgan fingerprint density at radius 1 is 1.36 bits per heavy atom. The van der Waals surface area contributed by atoms with Gasteiger partial charge in [-0.15, -0.1) is 0 Å². The molecule has 11 heteroatoms. The smallest absolute Gasteiger partial charge is 0.414 e. The molecule has 1 aromatic carbocycles. The van der Waals surface area contributed by atoms with E-state index in [1.54, 1.807) is 24.1 Å². The lowest BCUT2D eigenvalue weighted by Gasteiger charge is -2.33. The standard InChI is InChI=1S/C22H31FN6O4/c1-22(2,3)33-20(30)28-10-6-5-7-16(13-28)27(4)19-9-8-15(11-18(19)23)29-14-17(12-25-26-24)32-21(29)31/h8-9,11,16-17H,5-7,10,12-14H2,1-4H3/t16?,17-/m0/s1. The Hall–Kier alpha value is -3.20. The molecular weight excluding hydrogens is 431 g/mol. The average molecular weight is 463 g/mol. The van der Waals surface area contributed by atoms with Crippen molar-refractivity contribution in [3.63, 3.8) is 0 Å². The average Bonchev–Trinajstić information content (AvgIpc) is 2.95. The highest BCUT2D eigenvalue weighted by Crippen LogP contribution is 2.30. The van der Waals surface area contributed by atoms with Gasteiger partial charge >= 0.3 is 12.2 Å². The fourth-order valence-electron chi connectivity index (χ4n) is 4.03. The van der Waals surface area contributed by atoms with Crippen molar-refractivity contribution in [2.24, 2.45) is 5.11 Å². The zero-order valence-electron chi connectivity index (χ0n) is 19.5. The number of carbonyl (C=O) groups excluding carboxylic acids is 2. The van der Waals surface area contributed by atoms with Crippen LogP contribution in [-0.4, -0.2) is 68.1 Å². The van der Waals surface area contributed by atoms with Crippen molar-refractivity contribution in [2.75, 3.05) is 43.0 Å². The summed E-state index contributed by atoms with van der Waals surface area (Å²) in [6.45, 7) is 6.74. The quantitative estimate of drug-likeness (QED) is 0.358. The Morgan fingerprint density at radius 3 is 2.79 bits per heavy atom. The number of azide groups is 1. The molecule has 2 atom stereocenters. The zero-order chi connectivity index (χ0) is 24.2. The molecule has 2 saturated heterocycles. The van der Waals surface area contributed by atoms with Crippen molar-refractivity contribution in [1.29, 1.82) is 0 Å². The van der Waals surface area contributed by atoms with E-state index < -0.39 is 23.6 Å². The van der Waals surface area contributed by atoms with Gasteiger partial charge in [0.15, 0.2) is 0 Å². The molecule has 180 valence electrons. The third-order valence-corrected chi connectivity index (χ3v) is 5.69. The second-order valence-electron chi connectivity index (χ2n) is 9.35. The minimum atomic E-state index is -0.606. The topological polar surface area (TPSA) is 111 Å². The van der Waals surface area contributed by atoms with E-state index in [1.165, 1.54) is 11.0 Å². The summed E-state index contributed by atoms with van der Waals surface area (Å²) in [6, 6.07) is 4.51. The van der Waals surface area contributed by atoms with Crippen molar-refractivity contribution >= 4 is 23.6 Å². The second-order valence-corrected chi connectivity index (χ2v) is 9.35. The molecule has 10 nitrogen and oxygen atoms in total. The Balaban J connectivity index is 1.71. The molecule has 2 aliphatic heterocycles. The maximum atomic E-state index is 15.1. The number of halogens is 1. The molecule has 0 saturated carbocycles. The van der Waals surface area contributed by atoms with Gasteiger partial charge in [-0.2, -0.15) is 0 Å². The summed E-state index contributed by atoms with van der Waals surface area (Å²) < 4.78 is 25.8. The molecule has 2 fully saturated rings. The monoisotopic (exact) mass is 462 g/mol. The summed E-state index contributed by atoms with van der Waals surface area (Å²) in [4.78, 5) is 32.3. The molecule has 1 aromatic rings. The molecule has 0 aromatic heterocycles. The second kappa shape index (κ2) is 10.2. The molecule has 2 amide bonds. The van der Waals surface area contributed by atoms with Crippen molar-refractivity contribution in [1.82, 2.24) is 4.90 Å². The first kappa shape index (κ1) is 24.4. The first-order valence-electron chi connectivity index (χ1n) is 11.1. The number of amides is 2. The van der Waals surface area contributed by atoms with E-state index in [0.29, 0.717) is 24.5 Å². The number of rotatable bonds is 5. The van der Waals surface area contributed by atoms with E-state index in [1.807, 2.05) is 25.7 Å². The molecule has 0 bridgehead atoms. The molecular formula is C22H31FN6O4. The highest BCUT2D eigenvalue weighted by molar-refractivity contribution is 5.90. The van der Waals surface area contributed by atoms with Crippen LogP contribution in [0.5, 0.6) is 0 Å². The van der Waals surface area contributed by atoms with E-state index in [2.05, 4.69) is 10.0 Å². The van der Waals surface area contributed by atoms with Gasteiger partial charge < -0.3 is 19.3 Å². The third kappa shape index (κ3) is 6.19. The number of likely N-dealkylation sites (N-methyl/N-ethyl adjacent to an activating group) is 1. The maximum absolute atomic E-state index is 15.1. The van der Waals surface area contributed by atoms with Crippen LogP contribution in [0.15, 0.2) is 23.3 Å². The van der Waals surface area contributed by atoms with Crippen LogP contribution in [0.3, 0.4) is 0 Å². The largest absolute Gasteiger partial charge is 0.444 e. The number of nitrogens with zero attached hydrogens (tertiary/aromatic N) is 6. The zero-order valence-corrected chi connectivity index (χ0v) is 19.5. The number of hydrogen-bond donors (Lipinski definition) is 0. The van der Waals surface area contributed by atoms with E-state index >= 15 is 4.39 Å². The molecule has 2 heterocycles. The Kier molecular flexibility index (Phi) is 7.53. The lowest BCUT2D eigenvalue weighted by atomic mass is 10.1. The van der Waals surface area contributed by atoms with Gasteiger partial charge in [0.05, 0.1) is 24.5 Å². The van der Waals surface area contributed by atoms with Crippen molar-refractivity contribution < 1.29 is 23.5 Å². The van der Waals surface area contributed by atoms with Crippen molar-refractivity contribution in [3.05, 3.63) is 34.5 Å². The van der Waals surface area contributed by atoms with Gasteiger partial charge in [0, 0.05) is 31.1 Å². The van der Waals surface area contributed by atoms with Crippen LogP contribution in [0.1, 0.15) is 40.0 Å². The molecule has 0 aliphatic carbocycles. The van der Waals surface area contributed by atoms with Crippen LogP contribution in [0.4, 0.5) is 25.4 Å². The number of likely N-dealkylation sites (tertiary alicyclic amines) is 1. The van der Waals surface area contributed by atoms with Gasteiger partial charge in [-0.1, -0.05) is 5.11 Å². The van der Waals surface area contributed by atoms with Gasteiger partial charge in [0.2, 0.25) is 0 Å². The summed E-state index contributed by atoms with van der Waals surface area (Å²) in [5.41, 5.74) is 8.61. The summed E-state index contributed by atoms with van der Waals surface area (Å²) in [6.07, 6.45) is 1.06. The van der Waals surface area contributed by atoms with Crippen LogP contribution in [0.2, 0.25) is 0 Å². The molecule has 0 spiro atoms. The third-order valence-electron chi connectivity index (χ3n) is 5.69. The number of hydrogen-bond acceptors (Lipinski definition) is 6. The number of benzene rings is 1. The van der Waals surface area contributed by atoms with Crippen molar-refractivity contribution in [2.45, 2.75) is 57.8 Å². The first-order chi connectivity index (χ1) is 15.6. The first-order valence-corrected chi connectivity index (χ1v) is 11.1. The van der Waals surface area contributed by atoms with Gasteiger partial charge in [0.25, 0.3) is 0 Å². The Morgan fingerprint density at radius 2 is 2.12 bits per heavy atom. The lowest BCUT2D eigenvalue weighted by Crippen LogP contribution is -2.45. The highest BCUT2D eigenvalue weighted by atomic mass is 19.1. The van der Waals surface area contributed by atoms with Gasteiger partial charge in [-0.25, -0.2) is 14.0 Å². The molecule has 0 radical (unpaired) electrons. The van der Waals surface area contributed by atoms with Crippen LogP contribution in [0, 0.1) is 5.82 Å². The molecule has 1 unspecified atom stereocenters. The Bertz CT molecular complexity index is 930. The van der Waals surface area contributed by atoms with E-state index in [9.17, 15) is 9.59 Å². The summed E-state index contributed by atoms with van der Waals surface area (Å²) in [5, 5.41) is 3.43. The van der Waals surface area contributed by atoms with Gasteiger partial charge in [0.1, 0.15) is 17.5 Å². The van der Waals surface area contributed by atoms with E-state index in [4.69, 9.17) is 15.0 Å². The predicted molar refractivity (Wildman–Crippen MR) is 122 cm³/mol. The summed E-state index contributed by atoms with van der Waals surface area (Å²) >= 11 is 0. The predicted octanol–water partition coefficient (Wildman–Crippen LogP) is 4.69. The fraction of sp³-hybridized carbons (Fsp3) is 0.636. The Labute approximate surface area is 192 Å². The van der Waals surface area contributed by atoms with Gasteiger partial charge in [-0.05, 0) is 63.8 Å². The van der Waals surface area contributed by atoms with Gasteiger partial charge in [-0.3, -0.25) is 4.90 Å². The highest BCUT2D eigenvalue weighted by Gasteiger charge is 2.33. The minimum absolute atomic E-state index is 0.0257. The lowest BCUT2D eigenvalue weighted by molar-refractivity contribution is 0.0249. The number of cyclic esters (lactones) is 1. The molecule has 2 aliphatic rings. The SMILES string of the molecule is CN(c1ccc(N2C[C@H](CN=[N+]=[N-])OC2=O)cc1F)C1CCCCN(C(=O)OC(C)(C)C)C1. The van der Waals surface area contributed by atoms with E-state index in [0.717, 1.165) is 19.3 Å². The van der Waals surface area contributed by atoms with Crippen LogP contribution < -0.4 is 9.80 Å².